The van der Waals surface area contributed by atoms with Gasteiger partial charge in [0.1, 0.15) is 5.75 Å². The van der Waals surface area contributed by atoms with E-state index in [1.54, 1.807) is 0 Å². The Kier molecular flexibility index (Phi) is 6.95. The molecule has 26 heavy (non-hydrogen) atoms. The fourth-order valence-electron chi connectivity index (χ4n) is 4.19. The standard InChI is InChI=1S/C22H34N2O2/c1-17-7-5-13-24(16-17)14-6-12-23-22(25)18(2)26-21-11-10-19-8-3-4-9-20(19)15-21/h10-11,15,17-18H,3-9,12-14,16H2,1-2H3,(H,23,25)/t17-,18+/m0/s1. The van der Waals surface area contributed by atoms with Gasteiger partial charge in [-0.2, -0.15) is 0 Å². The number of aryl methyl sites for hydroxylation is 2. The molecule has 0 saturated carbocycles. The second-order valence-electron chi connectivity index (χ2n) is 8.09. The minimum absolute atomic E-state index is 0.0188. The maximum atomic E-state index is 12.3. The molecule has 4 nitrogen and oxygen atoms in total. The van der Waals surface area contributed by atoms with Gasteiger partial charge in [0.2, 0.25) is 0 Å². The molecule has 1 saturated heterocycles. The number of piperidine rings is 1. The smallest absolute Gasteiger partial charge is 0.260 e. The van der Waals surface area contributed by atoms with Gasteiger partial charge in [-0.05, 0) is 94.1 Å². The van der Waals surface area contributed by atoms with Crippen molar-refractivity contribution in [2.75, 3.05) is 26.2 Å². The molecule has 1 amide bonds. The lowest BCUT2D eigenvalue weighted by Crippen LogP contribution is -2.39. The Morgan fingerprint density at radius 2 is 2.08 bits per heavy atom. The van der Waals surface area contributed by atoms with Gasteiger partial charge in [-0.1, -0.05) is 13.0 Å². The number of benzene rings is 1. The van der Waals surface area contributed by atoms with E-state index >= 15 is 0 Å². The summed E-state index contributed by atoms with van der Waals surface area (Å²) in [6.45, 7) is 8.36. The van der Waals surface area contributed by atoms with Crippen molar-refractivity contribution in [1.29, 1.82) is 0 Å². The molecule has 0 spiro atoms. The largest absolute Gasteiger partial charge is 0.481 e. The van der Waals surface area contributed by atoms with Gasteiger partial charge in [0.05, 0.1) is 0 Å². The summed E-state index contributed by atoms with van der Waals surface area (Å²) in [6.07, 6.45) is 8.04. The van der Waals surface area contributed by atoms with E-state index in [2.05, 4.69) is 29.3 Å². The van der Waals surface area contributed by atoms with Crippen molar-refractivity contribution in [3.63, 3.8) is 0 Å². The summed E-state index contributed by atoms with van der Waals surface area (Å²) >= 11 is 0. The lowest BCUT2D eigenvalue weighted by Gasteiger charge is -2.30. The molecule has 2 aliphatic rings. The number of nitrogens with one attached hydrogen (secondary N) is 1. The van der Waals surface area contributed by atoms with E-state index in [0.29, 0.717) is 0 Å². The molecular formula is C22H34N2O2. The molecule has 2 atom stereocenters. The number of carbonyl (C=O) groups excluding carboxylic acids is 1. The SMILES string of the molecule is C[C@H]1CCCN(CCCNC(=O)[C@@H](C)Oc2ccc3c(c2)CCCC3)C1. The minimum Gasteiger partial charge on any atom is -0.481 e. The van der Waals surface area contributed by atoms with Gasteiger partial charge in [0, 0.05) is 13.1 Å². The summed E-state index contributed by atoms with van der Waals surface area (Å²) in [6, 6.07) is 6.29. The van der Waals surface area contributed by atoms with Crippen LogP contribution in [0.3, 0.4) is 0 Å². The Bertz CT molecular complexity index is 602. The summed E-state index contributed by atoms with van der Waals surface area (Å²) in [5.41, 5.74) is 2.82. The quantitative estimate of drug-likeness (QED) is 0.758. The summed E-state index contributed by atoms with van der Waals surface area (Å²) in [7, 11) is 0. The number of hydrogen-bond donors (Lipinski definition) is 1. The monoisotopic (exact) mass is 358 g/mol. The third-order valence-corrected chi connectivity index (χ3v) is 5.69. The van der Waals surface area contributed by atoms with Crippen molar-refractivity contribution in [3.8, 4) is 5.75 Å². The van der Waals surface area contributed by atoms with E-state index < -0.39 is 6.10 Å². The molecule has 0 unspecified atom stereocenters. The van der Waals surface area contributed by atoms with E-state index in [4.69, 9.17) is 4.74 Å². The van der Waals surface area contributed by atoms with Crippen LogP contribution < -0.4 is 10.1 Å². The van der Waals surface area contributed by atoms with Crippen molar-refractivity contribution in [2.45, 2.75) is 64.9 Å². The molecule has 1 aliphatic carbocycles. The van der Waals surface area contributed by atoms with E-state index in [1.807, 2.05) is 13.0 Å². The van der Waals surface area contributed by atoms with Crippen LogP contribution in [0.15, 0.2) is 18.2 Å². The van der Waals surface area contributed by atoms with Crippen LogP contribution in [0.1, 0.15) is 57.1 Å². The molecule has 144 valence electrons. The first kappa shape index (κ1) is 19.2. The van der Waals surface area contributed by atoms with Crippen LogP contribution in [0.2, 0.25) is 0 Å². The molecule has 1 N–H and O–H groups in total. The average molecular weight is 359 g/mol. The topological polar surface area (TPSA) is 41.6 Å². The highest BCUT2D eigenvalue weighted by Gasteiger charge is 2.17. The normalized spacial score (nSPS) is 21.7. The first-order chi connectivity index (χ1) is 12.6. The van der Waals surface area contributed by atoms with Crippen LogP contribution in [-0.4, -0.2) is 43.1 Å². The molecule has 1 fully saturated rings. The van der Waals surface area contributed by atoms with Gasteiger partial charge in [-0.25, -0.2) is 0 Å². The Balaban J connectivity index is 1.37. The molecule has 4 heteroatoms. The zero-order valence-electron chi connectivity index (χ0n) is 16.4. The molecule has 1 aliphatic heterocycles. The fourth-order valence-corrected chi connectivity index (χ4v) is 4.19. The lowest BCUT2D eigenvalue weighted by molar-refractivity contribution is -0.127. The Hall–Kier alpha value is -1.55. The van der Waals surface area contributed by atoms with E-state index in [9.17, 15) is 4.79 Å². The van der Waals surface area contributed by atoms with Gasteiger partial charge in [0.15, 0.2) is 6.10 Å². The van der Waals surface area contributed by atoms with E-state index in [0.717, 1.165) is 37.6 Å². The Morgan fingerprint density at radius 1 is 1.27 bits per heavy atom. The number of likely N-dealkylation sites (tertiary alicyclic amines) is 1. The minimum atomic E-state index is -0.452. The third-order valence-electron chi connectivity index (χ3n) is 5.69. The van der Waals surface area contributed by atoms with Crippen molar-refractivity contribution in [1.82, 2.24) is 10.2 Å². The number of carbonyl (C=O) groups is 1. The number of nitrogens with zero attached hydrogens (tertiary/aromatic N) is 1. The second-order valence-corrected chi connectivity index (χ2v) is 8.09. The summed E-state index contributed by atoms with van der Waals surface area (Å²) in [5, 5.41) is 3.03. The van der Waals surface area contributed by atoms with Crippen LogP contribution in [0.5, 0.6) is 5.75 Å². The lowest BCUT2D eigenvalue weighted by atomic mass is 9.92. The summed E-state index contributed by atoms with van der Waals surface area (Å²) < 4.78 is 5.88. The van der Waals surface area contributed by atoms with Crippen molar-refractivity contribution in [2.24, 2.45) is 5.92 Å². The van der Waals surface area contributed by atoms with Gasteiger partial charge in [-0.3, -0.25) is 4.79 Å². The maximum Gasteiger partial charge on any atom is 0.260 e. The predicted molar refractivity (Wildman–Crippen MR) is 106 cm³/mol. The molecule has 0 radical (unpaired) electrons. The number of amides is 1. The van der Waals surface area contributed by atoms with Crippen LogP contribution in [0.4, 0.5) is 0 Å². The molecule has 1 aromatic rings. The molecule has 1 aromatic carbocycles. The molecule has 3 rings (SSSR count). The van der Waals surface area contributed by atoms with E-state index in [1.165, 1.54) is 56.3 Å². The highest BCUT2D eigenvalue weighted by Crippen LogP contribution is 2.25. The molecule has 1 heterocycles. The van der Waals surface area contributed by atoms with Gasteiger partial charge >= 0.3 is 0 Å². The van der Waals surface area contributed by atoms with Gasteiger partial charge < -0.3 is 15.0 Å². The Morgan fingerprint density at radius 3 is 2.88 bits per heavy atom. The summed E-state index contributed by atoms with van der Waals surface area (Å²) in [4.78, 5) is 14.8. The van der Waals surface area contributed by atoms with Crippen LogP contribution in [-0.2, 0) is 17.6 Å². The zero-order valence-corrected chi connectivity index (χ0v) is 16.4. The van der Waals surface area contributed by atoms with Crippen LogP contribution in [0, 0.1) is 5.92 Å². The number of ether oxygens (including phenoxy) is 1. The average Bonchev–Trinajstić information content (AvgIpc) is 2.65. The highest BCUT2D eigenvalue weighted by atomic mass is 16.5. The second kappa shape index (κ2) is 9.40. The van der Waals surface area contributed by atoms with Crippen molar-refractivity contribution in [3.05, 3.63) is 29.3 Å². The highest BCUT2D eigenvalue weighted by molar-refractivity contribution is 5.80. The Labute approximate surface area is 158 Å². The number of fused-ring (bicyclic) bond motifs is 1. The number of rotatable bonds is 7. The van der Waals surface area contributed by atoms with E-state index in [-0.39, 0.29) is 5.91 Å². The molecular weight excluding hydrogens is 324 g/mol. The van der Waals surface area contributed by atoms with Crippen LogP contribution >= 0.6 is 0 Å². The van der Waals surface area contributed by atoms with Gasteiger partial charge in [0.25, 0.3) is 5.91 Å². The van der Waals surface area contributed by atoms with Crippen LogP contribution in [0.25, 0.3) is 0 Å². The maximum absolute atomic E-state index is 12.3. The van der Waals surface area contributed by atoms with Gasteiger partial charge in [-0.15, -0.1) is 0 Å². The summed E-state index contributed by atoms with van der Waals surface area (Å²) in [5.74, 6) is 1.61. The fraction of sp³-hybridized carbons (Fsp3) is 0.682. The molecule has 0 aromatic heterocycles. The predicted octanol–water partition coefficient (Wildman–Crippen LogP) is 3.57. The first-order valence-corrected chi connectivity index (χ1v) is 10.4. The van der Waals surface area contributed by atoms with Crippen molar-refractivity contribution < 1.29 is 9.53 Å². The third kappa shape index (κ3) is 5.47. The molecule has 0 bridgehead atoms. The zero-order chi connectivity index (χ0) is 18.4. The van der Waals surface area contributed by atoms with Crippen molar-refractivity contribution >= 4 is 5.91 Å². The number of hydrogen-bond acceptors (Lipinski definition) is 3. The first-order valence-electron chi connectivity index (χ1n) is 10.4.